The number of rotatable bonds is 6. The number of nitrogens with zero attached hydrogens (tertiary/aromatic N) is 1. The molecule has 26 heavy (non-hydrogen) atoms. The first-order chi connectivity index (χ1) is 12.6. The number of carbonyl (C=O) groups is 2. The lowest BCUT2D eigenvalue weighted by molar-refractivity contribution is -0.122. The van der Waals surface area contributed by atoms with E-state index in [9.17, 15) is 14.0 Å². The normalized spacial score (nSPS) is 18.0. The van der Waals surface area contributed by atoms with Crippen molar-refractivity contribution in [3.05, 3.63) is 66.0 Å². The maximum atomic E-state index is 13.6. The predicted molar refractivity (Wildman–Crippen MR) is 102 cm³/mol. The molecule has 1 aliphatic heterocycles. The molecule has 1 saturated heterocycles. The number of halogens is 1. The molecule has 0 saturated carbocycles. The number of nitrogens with one attached hydrogen (secondary N) is 2. The van der Waals surface area contributed by atoms with Crippen LogP contribution in [-0.4, -0.2) is 28.8 Å². The van der Waals surface area contributed by atoms with Crippen LogP contribution in [0.25, 0.3) is 0 Å². The van der Waals surface area contributed by atoms with Crippen molar-refractivity contribution in [1.29, 1.82) is 0 Å². The van der Waals surface area contributed by atoms with Crippen LogP contribution in [0.15, 0.2) is 59.6 Å². The van der Waals surface area contributed by atoms with Gasteiger partial charge in [-0.2, -0.15) is 0 Å². The van der Waals surface area contributed by atoms with Crippen LogP contribution >= 0.6 is 11.8 Å². The molecule has 2 N–H and O–H groups in total. The molecular formula is C19H18FN3O2S. The van der Waals surface area contributed by atoms with Crippen LogP contribution in [0.3, 0.4) is 0 Å². The predicted octanol–water partition coefficient (Wildman–Crippen LogP) is 2.98. The molecule has 2 aromatic carbocycles. The lowest BCUT2D eigenvalue weighted by atomic mass is 10.2. The van der Waals surface area contributed by atoms with Gasteiger partial charge in [-0.25, -0.2) is 4.39 Å². The number of thioether (sulfide) groups is 1. The quantitative estimate of drug-likeness (QED) is 0.820. The molecule has 0 aromatic heterocycles. The number of aliphatic imine (C=N–C) groups is 1. The van der Waals surface area contributed by atoms with Gasteiger partial charge in [-0.15, -0.1) is 0 Å². The maximum Gasteiger partial charge on any atom is 0.240 e. The van der Waals surface area contributed by atoms with Crippen LogP contribution in [0.1, 0.15) is 12.0 Å². The fourth-order valence-electron chi connectivity index (χ4n) is 2.48. The summed E-state index contributed by atoms with van der Waals surface area (Å²) in [5, 5.41) is 5.15. The van der Waals surface area contributed by atoms with Crippen molar-refractivity contribution >= 4 is 34.4 Å². The molecule has 0 spiro atoms. The van der Waals surface area contributed by atoms with Crippen LogP contribution in [0, 0.1) is 5.82 Å². The number of para-hydroxylation sites is 1. The Hall–Kier alpha value is -2.67. The van der Waals surface area contributed by atoms with E-state index in [-0.39, 0.29) is 18.0 Å². The van der Waals surface area contributed by atoms with Gasteiger partial charge in [-0.3, -0.25) is 14.6 Å². The van der Waals surface area contributed by atoms with Gasteiger partial charge in [0.25, 0.3) is 0 Å². The smallest absolute Gasteiger partial charge is 0.240 e. The van der Waals surface area contributed by atoms with E-state index >= 15 is 0 Å². The summed E-state index contributed by atoms with van der Waals surface area (Å²) in [6.07, 6.45) is 0.738. The summed E-state index contributed by atoms with van der Waals surface area (Å²) in [6, 6.07) is 15.9. The number of amides is 2. The minimum atomic E-state index is -0.558. The molecule has 0 radical (unpaired) electrons. The van der Waals surface area contributed by atoms with Crippen molar-refractivity contribution in [2.45, 2.75) is 18.1 Å². The monoisotopic (exact) mass is 371 g/mol. The Morgan fingerprint density at radius 1 is 1.15 bits per heavy atom. The fourth-order valence-corrected chi connectivity index (χ4v) is 3.47. The lowest BCUT2D eigenvalue weighted by Crippen LogP contribution is -2.28. The Bertz CT molecular complexity index is 827. The lowest BCUT2D eigenvalue weighted by Gasteiger charge is -2.08. The zero-order valence-corrected chi connectivity index (χ0v) is 14.8. The Morgan fingerprint density at radius 3 is 2.65 bits per heavy atom. The van der Waals surface area contributed by atoms with Gasteiger partial charge in [0.15, 0.2) is 5.17 Å². The van der Waals surface area contributed by atoms with Gasteiger partial charge < -0.3 is 10.6 Å². The number of hydrogen-bond donors (Lipinski definition) is 2. The molecule has 134 valence electrons. The van der Waals surface area contributed by atoms with Crippen LogP contribution in [-0.2, 0) is 16.0 Å². The third kappa shape index (κ3) is 4.92. The number of hydrogen-bond acceptors (Lipinski definition) is 4. The first-order valence-electron chi connectivity index (χ1n) is 8.22. The highest BCUT2D eigenvalue weighted by Gasteiger charge is 2.32. The van der Waals surface area contributed by atoms with Crippen molar-refractivity contribution in [2.24, 2.45) is 4.99 Å². The minimum Gasteiger partial charge on any atom is -0.324 e. The number of amidine groups is 1. The summed E-state index contributed by atoms with van der Waals surface area (Å²) in [4.78, 5) is 28.4. The van der Waals surface area contributed by atoms with E-state index in [0.29, 0.717) is 11.7 Å². The second-order valence-corrected chi connectivity index (χ2v) is 6.94. The average molecular weight is 371 g/mol. The third-order valence-corrected chi connectivity index (χ3v) is 4.91. The molecule has 1 atom stereocenters. The highest BCUT2D eigenvalue weighted by Crippen LogP contribution is 2.23. The van der Waals surface area contributed by atoms with Crippen LogP contribution in [0.5, 0.6) is 0 Å². The highest BCUT2D eigenvalue weighted by molar-refractivity contribution is 8.15. The second kappa shape index (κ2) is 8.62. The summed E-state index contributed by atoms with van der Waals surface area (Å²) < 4.78 is 13.6. The van der Waals surface area contributed by atoms with Crippen molar-refractivity contribution < 1.29 is 14.0 Å². The third-order valence-electron chi connectivity index (χ3n) is 3.79. The first-order valence-corrected chi connectivity index (χ1v) is 9.10. The van der Waals surface area contributed by atoms with E-state index in [4.69, 9.17) is 0 Å². The minimum absolute atomic E-state index is 0.0391. The van der Waals surface area contributed by atoms with E-state index in [1.165, 1.54) is 29.5 Å². The molecule has 2 amide bonds. The zero-order valence-electron chi connectivity index (χ0n) is 13.9. The summed E-state index contributed by atoms with van der Waals surface area (Å²) in [7, 11) is 0. The van der Waals surface area contributed by atoms with Gasteiger partial charge in [-0.05, 0) is 24.1 Å². The molecule has 5 nitrogen and oxygen atoms in total. The Morgan fingerprint density at radius 2 is 1.88 bits per heavy atom. The van der Waals surface area contributed by atoms with Crippen molar-refractivity contribution in [3.63, 3.8) is 0 Å². The highest BCUT2D eigenvalue weighted by atomic mass is 32.2. The van der Waals surface area contributed by atoms with E-state index in [1.807, 2.05) is 30.3 Å². The van der Waals surface area contributed by atoms with E-state index in [0.717, 1.165) is 6.42 Å². The Balaban J connectivity index is 1.50. The topological polar surface area (TPSA) is 70.6 Å². The standard InChI is InChI=1S/C19H18FN3O2S/c20-14-8-4-5-9-15(14)22-17(24)12-16-18(25)23-19(26-16)21-11-10-13-6-2-1-3-7-13/h1-9,16H,10-12H2,(H,22,24)(H,21,23,25). The van der Waals surface area contributed by atoms with Gasteiger partial charge in [0.1, 0.15) is 11.1 Å². The van der Waals surface area contributed by atoms with Crippen LogP contribution < -0.4 is 10.6 Å². The molecule has 1 heterocycles. The first kappa shape index (κ1) is 18.1. The van der Waals surface area contributed by atoms with E-state index < -0.39 is 17.0 Å². The molecule has 1 fully saturated rings. The summed E-state index contributed by atoms with van der Waals surface area (Å²) in [5.74, 6) is -1.17. The zero-order chi connectivity index (χ0) is 18.4. The Labute approximate surface area is 155 Å². The fraction of sp³-hybridized carbons (Fsp3) is 0.211. The van der Waals surface area contributed by atoms with Crippen molar-refractivity contribution in [2.75, 3.05) is 11.9 Å². The van der Waals surface area contributed by atoms with E-state index in [1.54, 1.807) is 12.1 Å². The molecular weight excluding hydrogens is 353 g/mol. The molecule has 2 aromatic rings. The van der Waals surface area contributed by atoms with Crippen molar-refractivity contribution in [3.8, 4) is 0 Å². The van der Waals surface area contributed by atoms with Gasteiger partial charge in [0, 0.05) is 13.0 Å². The SMILES string of the molecule is O=C(CC1SC(=NCCc2ccccc2)NC1=O)Nc1ccccc1F. The summed E-state index contributed by atoms with van der Waals surface area (Å²) in [6.45, 7) is 0.556. The number of carbonyl (C=O) groups excluding carboxylic acids is 2. The van der Waals surface area contributed by atoms with Crippen LogP contribution in [0.2, 0.25) is 0 Å². The molecule has 0 aliphatic carbocycles. The van der Waals surface area contributed by atoms with Gasteiger partial charge in [-0.1, -0.05) is 54.2 Å². The summed E-state index contributed by atoms with van der Waals surface area (Å²) >= 11 is 1.23. The molecule has 0 bridgehead atoms. The molecule has 1 aliphatic rings. The van der Waals surface area contributed by atoms with E-state index in [2.05, 4.69) is 15.6 Å². The Kier molecular flexibility index (Phi) is 6.01. The summed E-state index contributed by atoms with van der Waals surface area (Å²) in [5.41, 5.74) is 1.28. The van der Waals surface area contributed by atoms with Crippen LogP contribution in [0.4, 0.5) is 10.1 Å². The average Bonchev–Trinajstić information content (AvgIpc) is 2.97. The molecule has 7 heteroatoms. The second-order valence-electron chi connectivity index (χ2n) is 5.75. The maximum absolute atomic E-state index is 13.6. The largest absolute Gasteiger partial charge is 0.324 e. The molecule has 3 rings (SSSR count). The number of benzene rings is 2. The van der Waals surface area contributed by atoms with Crippen molar-refractivity contribution in [1.82, 2.24) is 5.32 Å². The number of anilines is 1. The van der Waals surface area contributed by atoms with Gasteiger partial charge in [0.05, 0.1) is 5.69 Å². The molecule has 1 unspecified atom stereocenters. The van der Waals surface area contributed by atoms with Gasteiger partial charge >= 0.3 is 0 Å². The van der Waals surface area contributed by atoms with Gasteiger partial charge in [0.2, 0.25) is 11.8 Å².